The SMILES string of the molecule is O=C(OCCN1CCN(c2ccccc2)CC1)C1(c2ccc(I)cc2)CCCC1. The van der Waals surface area contributed by atoms with Crippen molar-refractivity contribution in [2.45, 2.75) is 31.1 Å². The molecule has 4 rings (SSSR count). The minimum absolute atomic E-state index is 0.0286. The van der Waals surface area contributed by atoms with Gasteiger partial charge in [0.15, 0.2) is 0 Å². The minimum Gasteiger partial charge on any atom is -0.464 e. The molecule has 2 aliphatic rings. The molecule has 1 aliphatic heterocycles. The Morgan fingerprint density at radius 1 is 0.931 bits per heavy atom. The fourth-order valence-electron chi connectivity index (χ4n) is 4.63. The smallest absolute Gasteiger partial charge is 0.316 e. The Balaban J connectivity index is 1.28. The van der Waals surface area contributed by atoms with Crippen LogP contribution in [0.25, 0.3) is 0 Å². The average Bonchev–Trinajstić information content (AvgIpc) is 3.26. The zero-order valence-electron chi connectivity index (χ0n) is 16.9. The zero-order valence-corrected chi connectivity index (χ0v) is 19.0. The number of para-hydroxylation sites is 1. The Morgan fingerprint density at radius 3 is 2.24 bits per heavy atom. The van der Waals surface area contributed by atoms with Crippen LogP contribution >= 0.6 is 22.6 Å². The first-order chi connectivity index (χ1) is 14.2. The van der Waals surface area contributed by atoms with Gasteiger partial charge in [0.05, 0.1) is 5.41 Å². The van der Waals surface area contributed by atoms with Gasteiger partial charge < -0.3 is 9.64 Å². The number of carbonyl (C=O) groups is 1. The molecular weight excluding hydrogens is 475 g/mol. The molecule has 4 nitrogen and oxygen atoms in total. The molecule has 0 aromatic heterocycles. The molecule has 2 aromatic rings. The molecule has 0 unspecified atom stereocenters. The largest absolute Gasteiger partial charge is 0.464 e. The van der Waals surface area contributed by atoms with E-state index in [2.05, 4.69) is 87.0 Å². The number of ether oxygens (including phenoxy) is 1. The molecule has 1 heterocycles. The fourth-order valence-corrected chi connectivity index (χ4v) is 4.99. The summed E-state index contributed by atoms with van der Waals surface area (Å²) in [4.78, 5) is 17.9. The third kappa shape index (κ3) is 4.77. The van der Waals surface area contributed by atoms with Crippen molar-refractivity contribution in [1.82, 2.24) is 4.90 Å². The molecule has 0 spiro atoms. The summed E-state index contributed by atoms with van der Waals surface area (Å²) in [6.45, 7) is 5.35. The number of piperazine rings is 1. The van der Waals surface area contributed by atoms with Gasteiger partial charge in [-0.3, -0.25) is 9.69 Å². The van der Waals surface area contributed by atoms with E-state index in [9.17, 15) is 4.79 Å². The lowest BCUT2D eigenvalue weighted by Gasteiger charge is -2.36. The molecule has 1 aliphatic carbocycles. The van der Waals surface area contributed by atoms with Crippen LogP contribution in [0.1, 0.15) is 31.2 Å². The molecule has 29 heavy (non-hydrogen) atoms. The Morgan fingerprint density at radius 2 is 1.59 bits per heavy atom. The molecule has 0 atom stereocenters. The van der Waals surface area contributed by atoms with Gasteiger partial charge in [-0.15, -0.1) is 0 Å². The van der Waals surface area contributed by atoms with Crippen LogP contribution in [0.15, 0.2) is 54.6 Å². The molecule has 154 valence electrons. The maximum absolute atomic E-state index is 13.1. The van der Waals surface area contributed by atoms with E-state index in [1.165, 1.54) is 9.26 Å². The van der Waals surface area contributed by atoms with Crippen molar-refractivity contribution in [1.29, 1.82) is 0 Å². The van der Waals surface area contributed by atoms with E-state index in [4.69, 9.17) is 4.74 Å². The van der Waals surface area contributed by atoms with Gasteiger partial charge in [0.1, 0.15) is 6.61 Å². The van der Waals surface area contributed by atoms with Crippen molar-refractivity contribution in [2.24, 2.45) is 0 Å². The summed E-state index contributed by atoms with van der Waals surface area (Å²) in [5, 5.41) is 0. The lowest BCUT2D eigenvalue weighted by molar-refractivity contribution is -0.151. The second-order valence-corrected chi connectivity index (χ2v) is 9.34. The maximum Gasteiger partial charge on any atom is 0.316 e. The highest BCUT2D eigenvalue weighted by Gasteiger charge is 2.44. The highest BCUT2D eigenvalue weighted by Crippen LogP contribution is 2.42. The number of esters is 1. The van der Waals surface area contributed by atoms with Gasteiger partial charge in [0.2, 0.25) is 0 Å². The van der Waals surface area contributed by atoms with Gasteiger partial charge in [-0.25, -0.2) is 0 Å². The summed E-state index contributed by atoms with van der Waals surface area (Å²) in [6, 6.07) is 19.0. The Bertz CT molecular complexity index is 795. The molecule has 1 saturated carbocycles. The number of halogens is 1. The second kappa shape index (κ2) is 9.47. The summed E-state index contributed by atoms with van der Waals surface area (Å²) in [7, 11) is 0. The second-order valence-electron chi connectivity index (χ2n) is 8.10. The fraction of sp³-hybridized carbons (Fsp3) is 0.458. The van der Waals surface area contributed by atoms with Gasteiger partial charge in [0, 0.05) is 42.0 Å². The standard InChI is InChI=1S/C24H29IN2O2/c25-21-10-8-20(9-11-21)24(12-4-5-13-24)23(28)29-19-18-26-14-16-27(17-15-26)22-6-2-1-3-7-22/h1-3,6-11H,4-5,12-19H2. The van der Waals surface area contributed by atoms with Gasteiger partial charge in [-0.1, -0.05) is 43.2 Å². The van der Waals surface area contributed by atoms with E-state index in [-0.39, 0.29) is 5.97 Å². The van der Waals surface area contributed by atoms with Crippen molar-refractivity contribution < 1.29 is 9.53 Å². The number of hydrogen-bond acceptors (Lipinski definition) is 4. The van der Waals surface area contributed by atoms with Gasteiger partial charge in [-0.2, -0.15) is 0 Å². The number of benzene rings is 2. The number of anilines is 1. The summed E-state index contributed by atoms with van der Waals surface area (Å²) >= 11 is 2.31. The first-order valence-corrected chi connectivity index (χ1v) is 11.7. The predicted molar refractivity (Wildman–Crippen MR) is 125 cm³/mol. The first-order valence-electron chi connectivity index (χ1n) is 10.6. The van der Waals surface area contributed by atoms with Crippen molar-refractivity contribution >= 4 is 34.2 Å². The normalized spacial score (nSPS) is 19.3. The van der Waals surface area contributed by atoms with Crippen LogP contribution in [-0.2, 0) is 14.9 Å². The lowest BCUT2D eigenvalue weighted by Crippen LogP contribution is -2.47. The topological polar surface area (TPSA) is 32.8 Å². The van der Waals surface area contributed by atoms with Crippen molar-refractivity contribution in [2.75, 3.05) is 44.2 Å². The van der Waals surface area contributed by atoms with E-state index in [0.29, 0.717) is 6.61 Å². The highest BCUT2D eigenvalue weighted by atomic mass is 127. The lowest BCUT2D eigenvalue weighted by atomic mass is 9.79. The van der Waals surface area contributed by atoms with E-state index in [1.54, 1.807) is 0 Å². The molecule has 0 radical (unpaired) electrons. The van der Waals surface area contributed by atoms with Crippen molar-refractivity contribution in [3.63, 3.8) is 0 Å². The maximum atomic E-state index is 13.1. The van der Waals surface area contributed by atoms with E-state index >= 15 is 0 Å². The summed E-state index contributed by atoms with van der Waals surface area (Å²) in [6.07, 6.45) is 4.01. The van der Waals surface area contributed by atoms with Gasteiger partial charge in [-0.05, 0) is 65.3 Å². The average molecular weight is 504 g/mol. The quantitative estimate of drug-likeness (QED) is 0.430. The number of carbonyl (C=O) groups excluding carboxylic acids is 1. The Labute approximate surface area is 187 Å². The Kier molecular flexibility index (Phi) is 6.75. The van der Waals surface area contributed by atoms with Crippen LogP contribution < -0.4 is 4.90 Å². The first kappa shape index (κ1) is 20.7. The molecule has 1 saturated heterocycles. The summed E-state index contributed by atoms with van der Waals surface area (Å²) < 4.78 is 7.03. The number of nitrogens with zero attached hydrogens (tertiary/aromatic N) is 2. The van der Waals surface area contributed by atoms with Crippen molar-refractivity contribution in [3.8, 4) is 0 Å². The third-order valence-corrected chi connectivity index (χ3v) is 7.10. The Hall–Kier alpha value is -1.60. The van der Waals surface area contributed by atoms with Crippen LogP contribution in [0.4, 0.5) is 5.69 Å². The van der Waals surface area contributed by atoms with E-state index in [0.717, 1.165) is 64.0 Å². The van der Waals surface area contributed by atoms with Crippen LogP contribution in [0, 0.1) is 3.57 Å². The van der Waals surface area contributed by atoms with Gasteiger partial charge >= 0.3 is 5.97 Å². The summed E-state index contributed by atoms with van der Waals surface area (Å²) in [5.41, 5.74) is 1.98. The van der Waals surface area contributed by atoms with Crippen LogP contribution in [0.2, 0.25) is 0 Å². The van der Waals surface area contributed by atoms with Crippen LogP contribution in [0.5, 0.6) is 0 Å². The summed E-state index contributed by atoms with van der Waals surface area (Å²) in [5.74, 6) is -0.0286. The highest BCUT2D eigenvalue weighted by molar-refractivity contribution is 14.1. The molecular formula is C24H29IN2O2. The molecule has 2 aromatic carbocycles. The molecule has 0 bridgehead atoms. The van der Waals surface area contributed by atoms with Crippen LogP contribution in [0.3, 0.4) is 0 Å². The van der Waals surface area contributed by atoms with Crippen molar-refractivity contribution in [3.05, 3.63) is 63.7 Å². The third-order valence-electron chi connectivity index (χ3n) is 6.38. The van der Waals surface area contributed by atoms with Gasteiger partial charge in [0.25, 0.3) is 0 Å². The number of hydrogen-bond donors (Lipinski definition) is 0. The number of rotatable bonds is 6. The van der Waals surface area contributed by atoms with E-state index in [1.807, 2.05) is 0 Å². The zero-order chi connectivity index (χ0) is 20.1. The monoisotopic (exact) mass is 504 g/mol. The molecule has 0 amide bonds. The van der Waals surface area contributed by atoms with E-state index < -0.39 is 5.41 Å². The molecule has 5 heteroatoms. The minimum atomic E-state index is -0.434. The molecule has 2 fully saturated rings. The molecule has 0 N–H and O–H groups in total. The predicted octanol–water partition coefficient (Wildman–Crippen LogP) is 4.47. The van der Waals surface area contributed by atoms with Crippen LogP contribution in [-0.4, -0.2) is 50.2 Å².